The van der Waals surface area contributed by atoms with Crippen LogP contribution in [-0.2, 0) is 4.79 Å². The molecule has 26 heavy (non-hydrogen) atoms. The summed E-state index contributed by atoms with van der Waals surface area (Å²) >= 11 is 1.50. The molecule has 0 aliphatic carbocycles. The number of aromatic nitrogens is 2. The molecular formula is C18H16N4O3S. The second-order valence-corrected chi connectivity index (χ2v) is 6.53. The molecule has 0 bridgehead atoms. The third-order valence-corrected chi connectivity index (χ3v) is 4.67. The molecule has 0 aliphatic rings. The molecule has 1 aromatic carbocycles. The molecule has 0 fully saturated rings. The van der Waals surface area contributed by atoms with Gasteiger partial charge in [-0.05, 0) is 48.7 Å². The molecule has 0 saturated carbocycles. The summed E-state index contributed by atoms with van der Waals surface area (Å²) in [5, 5.41) is 8.92. The average Bonchev–Trinajstić information content (AvgIpc) is 3.16. The van der Waals surface area contributed by atoms with Crippen molar-refractivity contribution in [1.82, 2.24) is 9.78 Å². The average molecular weight is 368 g/mol. The number of hydrogen-bond donors (Lipinski definition) is 2. The van der Waals surface area contributed by atoms with E-state index in [0.29, 0.717) is 16.9 Å². The van der Waals surface area contributed by atoms with Crippen LogP contribution >= 0.6 is 11.3 Å². The van der Waals surface area contributed by atoms with Crippen LogP contribution in [-0.4, -0.2) is 21.6 Å². The summed E-state index contributed by atoms with van der Waals surface area (Å²) in [5.41, 5.74) is 6.29. The van der Waals surface area contributed by atoms with Gasteiger partial charge < -0.3 is 11.1 Å². The molecule has 2 amide bonds. The number of carbonyl (C=O) groups is 2. The van der Waals surface area contributed by atoms with Crippen molar-refractivity contribution in [2.24, 2.45) is 5.73 Å². The zero-order valence-electron chi connectivity index (χ0n) is 13.9. The Morgan fingerprint density at radius 3 is 2.50 bits per heavy atom. The summed E-state index contributed by atoms with van der Waals surface area (Å²) in [6.07, 6.45) is 0. The van der Waals surface area contributed by atoms with Gasteiger partial charge in [-0.25, -0.2) is 4.68 Å². The molecule has 0 aliphatic heterocycles. The number of thiophene rings is 1. The molecule has 1 atom stereocenters. The first kappa shape index (κ1) is 17.6. The van der Waals surface area contributed by atoms with E-state index in [-0.39, 0.29) is 5.56 Å². The van der Waals surface area contributed by atoms with Crippen molar-refractivity contribution in [3.05, 3.63) is 69.8 Å². The molecule has 7 nitrogen and oxygen atoms in total. The third kappa shape index (κ3) is 3.70. The van der Waals surface area contributed by atoms with Gasteiger partial charge in [0.1, 0.15) is 11.7 Å². The van der Waals surface area contributed by atoms with E-state index in [1.54, 1.807) is 25.1 Å². The minimum absolute atomic E-state index is 0.345. The van der Waals surface area contributed by atoms with Crippen molar-refractivity contribution in [2.45, 2.75) is 13.0 Å². The van der Waals surface area contributed by atoms with Gasteiger partial charge >= 0.3 is 0 Å². The number of rotatable bonds is 5. The Balaban J connectivity index is 1.81. The summed E-state index contributed by atoms with van der Waals surface area (Å²) in [6.45, 7) is 1.60. The second-order valence-electron chi connectivity index (χ2n) is 5.59. The Morgan fingerprint density at radius 2 is 1.88 bits per heavy atom. The smallest absolute Gasteiger partial charge is 0.267 e. The van der Waals surface area contributed by atoms with Crippen LogP contribution in [0, 0.1) is 0 Å². The van der Waals surface area contributed by atoms with Crippen molar-refractivity contribution in [3.63, 3.8) is 0 Å². The monoisotopic (exact) mass is 368 g/mol. The molecular weight excluding hydrogens is 352 g/mol. The van der Waals surface area contributed by atoms with Crippen molar-refractivity contribution in [3.8, 4) is 10.6 Å². The molecule has 0 saturated heterocycles. The highest BCUT2D eigenvalue weighted by Gasteiger charge is 2.18. The highest BCUT2D eigenvalue weighted by atomic mass is 32.1. The van der Waals surface area contributed by atoms with Crippen LogP contribution in [0.2, 0.25) is 0 Å². The maximum absolute atomic E-state index is 12.5. The van der Waals surface area contributed by atoms with Crippen molar-refractivity contribution >= 4 is 28.8 Å². The predicted octanol–water partition coefficient (Wildman–Crippen LogP) is 2.27. The lowest BCUT2D eigenvalue weighted by atomic mass is 10.2. The van der Waals surface area contributed by atoms with Crippen LogP contribution in [0.4, 0.5) is 5.69 Å². The molecule has 3 aromatic rings. The Morgan fingerprint density at radius 1 is 1.15 bits per heavy atom. The van der Waals surface area contributed by atoms with Crippen LogP contribution in [0.15, 0.2) is 58.7 Å². The van der Waals surface area contributed by atoms with Crippen molar-refractivity contribution in [2.75, 3.05) is 5.32 Å². The first-order valence-electron chi connectivity index (χ1n) is 7.80. The topological polar surface area (TPSA) is 107 Å². The summed E-state index contributed by atoms with van der Waals surface area (Å²) in [5.74, 6) is -0.938. The maximum Gasteiger partial charge on any atom is 0.267 e. The molecule has 0 radical (unpaired) electrons. The lowest BCUT2D eigenvalue weighted by Gasteiger charge is -2.15. The van der Waals surface area contributed by atoms with Gasteiger partial charge in [-0.3, -0.25) is 14.4 Å². The third-order valence-electron chi connectivity index (χ3n) is 3.78. The van der Waals surface area contributed by atoms with Crippen LogP contribution in [0.5, 0.6) is 0 Å². The number of benzene rings is 1. The van der Waals surface area contributed by atoms with E-state index in [1.165, 1.54) is 29.5 Å². The first-order chi connectivity index (χ1) is 12.5. The van der Waals surface area contributed by atoms with Crippen molar-refractivity contribution in [1.29, 1.82) is 0 Å². The highest BCUT2D eigenvalue weighted by molar-refractivity contribution is 7.13. The zero-order valence-corrected chi connectivity index (χ0v) is 14.7. The number of carbonyl (C=O) groups excluding carboxylic acids is 2. The van der Waals surface area contributed by atoms with Gasteiger partial charge in [0.2, 0.25) is 11.8 Å². The fourth-order valence-corrected chi connectivity index (χ4v) is 3.02. The highest BCUT2D eigenvalue weighted by Crippen LogP contribution is 2.21. The predicted molar refractivity (Wildman–Crippen MR) is 100 cm³/mol. The lowest BCUT2D eigenvalue weighted by molar-refractivity contribution is -0.119. The molecule has 132 valence electrons. The standard InChI is InChI=1S/C18H16N4O3S/c1-11(18(25)20-13-6-4-12(5-7-13)17(19)24)22-16(23)9-8-14(21-22)15-3-2-10-26-15/h2-11H,1H3,(H2,19,24)(H,20,25). The molecule has 0 spiro atoms. The van der Waals surface area contributed by atoms with E-state index in [1.807, 2.05) is 17.5 Å². The maximum atomic E-state index is 12.5. The van der Waals surface area contributed by atoms with Crippen molar-refractivity contribution < 1.29 is 9.59 Å². The zero-order chi connectivity index (χ0) is 18.7. The minimum Gasteiger partial charge on any atom is -0.366 e. The molecule has 3 rings (SSSR count). The quantitative estimate of drug-likeness (QED) is 0.720. The number of hydrogen-bond acceptors (Lipinski definition) is 5. The van der Waals surface area contributed by atoms with Gasteiger partial charge in [0.15, 0.2) is 0 Å². The Kier molecular flexibility index (Phi) is 4.94. The summed E-state index contributed by atoms with van der Waals surface area (Å²) < 4.78 is 1.15. The largest absolute Gasteiger partial charge is 0.366 e. The van der Waals surface area contributed by atoms with Gasteiger partial charge in [0.05, 0.1) is 4.88 Å². The van der Waals surface area contributed by atoms with Crippen LogP contribution in [0.1, 0.15) is 23.3 Å². The van der Waals surface area contributed by atoms with Gasteiger partial charge in [0, 0.05) is 17.3 Å². The molecule has 8 heteroatoms. The number of amides is 2. The number of nitrogens with zero attached hydrogens (tertiary/aromatic N) is 2. The summed E-state index contributed by atoms with van der Waals surface area (Å²) in [6, 6.07) is 12.2. The van der Waals surface area contributed by atoms with Gasteiger partial charge in [0.25, 0.3) is 5.56 Å². The molecule has 2 heterocycles. The van der Waals surface area contributed by atoms with Crippen LogP contribution in [0.25, 0.3) is 10.6 Å². The Labute approximate surface area is 153 Å². The number of anilines is 1. The van der Waals surface area contributed by atoms with E-state index in [0.717, 1.165) is 9.56 Å². The van der Waals surface area contributed by atoms with Gasteiger partial charge in [-0.15, -0.1) is 11.3 Å². The Hall–Kier alpha value is -3.26. The number of primary amides is 1. The molecule has 1 unspecified atom stereocenters. The first-order valence-corrected chi connectivity index (χ1v) is 8.68. The van der Waals surface area contributed by atoms with E-state index >= 15 is 0 Å². The minimum atomic E-state index is -0.807. The second kappa shape index (κ2) is 7.32. The number of nitrogens with one attached hydrogen (secondary N) is 1. The summed E-state index contributed by atoms with van der Waals surface area (Å²) in [4.78, 5) is 36.6. The van der Waals surface area contributed by atoms with Crippen LogP contribution < -0.4 is 16.6 Å². The summed E-state index contributed by atoms with van der Waals surface area (Å²) in [7, 11) is 0. The van der Waals surface area contributed by atoms with Crippen LogP contribution in [0.3, 0.4) is 0 Å². The normalized spacial score (nSPS) is 11.7. The fourth-order valence-electron chi connectivity index (χ4n) is 2.33. The fraction of sp³-hybridized carbons (Fsp3) is 0.111. The lowest BCUT2D eigenvalue weighted by Crippen LogP contribution is -2.33. The number of nitrogens with two attached hydrogens (primary N) is 1. The molecule has 3 N–H and O–H groups in total. The SMILES string of the molecule is CC(C(=O)Nc1ccc(C(N)=O)cc1)n1nc(-c2cccs2)ccc1=O. The van der Waals surface area contributed by atoms with Gasteiger partial charge in [-0.1, -0.05) is 6.07 Å². The van der Waals surface area contributed by atoms with E-state index < -0.39 is 17.9 Å². The van der Waals surface area contributed by atoms with Gasteiger partial charge in [-0.2, -0.15) is 5.10 Å². The molecule has 2 aromatic heterocycles. The Bertz CT molecular complexity index is 994. The van der Waals surface area contributed by atoms with E-state index in [4.69, 9.17) is 5.73 Å². The van der Waals surface area contributed by atoms with E-state index in [2.05, 4.69) is 10.4 Å². The van der Waals surface area contributed by atoms with E-state index in [9.17, 15) is 14.4 Å².